The summed E-state index contributed by atoms with van der Waals surface area (Å²) in [6.45, 7) is 0.551. The van der Waals surface area contributed by atoms with Crippen molar-refractivity contribution in [3.63, 3.8) is 0 Å². The zero-order valence-electron chi connectivity index (χ0n) is 10.1. The molecule has 1 aliphatic rings. The van der Waals surface area contributed by atoms with Crippen molar-refractivity contribution in [1.82, 2.24) is 0 Å². The number of carbonyl (C=O) groups is 2. The van der Waals surface area contributed by atoms with Gasteiger partial charge in [0.1, 0.15) is 0 Å². The molecule has 1 aromatic carbocycles. The van der Waals surface area contributed by atoms with Gasteiger partial charge in [0.15, 0.2) is 0 Å². The SMILES string of the molecule is COC(=O)CC1CC(=O)N(c2ccc(Cl)cc2)C1. The number of esters is 1. The van der Waals surface area contributed by atoms with Gasteiger partial charge in [-0.3, -0.25) is 9.59 Å². The van der Waals surface area contributed by atoms with Gasteiger partial charge in [0, 0.05) is 23.7 Å². The van der Waals surface area contributed by atoms with Crippen molar-refractivity contribution in [2.24, 2.45) is 5.92 Å². The highest BCUT2D eigenvalue weighted by Gasteiger charge is 2.32. The molecule has 1 aliphatic heterocycles. The summed E-state index contributed by atoms with van der Waals surface area (Å²) in [5, 5.41) is 0.636. The first-order chi connectivity index (χ1) is 8.60. The molecule has 4 nitrogen and oxygen atoms in total. The average molecular weight is 268 g/mol. The molecule has 0 aromatic heterocycles. The number of anilines is 1. The van der Waals surface area contributed by atoms with E-state index < -0.39 is 0 Å². The van der Waals surface area contributed by atoms with E-state index in [9.17, 15) is 9.59 Å². The van der Waals surface area contributed by atoms with Crippen molar-refractivity contribution in [3.8, 4) is 0 Å². The predicted molar refractivity (Wildman–Crippen MR) is 68.5 cm³/mol. The number of rotatable bonds is 3. The summed E-state index contributed by atoms with van der Waals surface area (Å²) in [4.78, 5) is 24.8. The van der Waals surface area contributed by atoms with E-state index in [2.05, 4.69) is 4.74 Å². The summed E-state index contributed by atoms with van der Waals surface area (Å²) in [6.07, 6.45) is 0.671. The minimum atomic E-state index is -0.272. The Morgan fingerprint density at radius 3 is 2.72 bits per heavy atom. The fourth-order valence-electron chi connectivity index (χ4n) is 2.11. The Morgan fingerprint density at radius 1 is 1.44 bits per heavy atom. The Kier molecular flexibility index (Phi) is 3.87. The first kappa shape index (κ1) is 12.9. The molecule has 1 heterocycles. The molecule has 0 N–H and O–H groups in total. The summed E-state index contributed by atoms with van der Waals surface area (Å²) >= 11 is 5.81. The van der Waals surface area contributed by atoms with Gasteiger partial charge in [-0.05, 0) is 30.2 Å². The number of nitrogens with zero attached hydrogens (tertiary/aromatic N) is 1. The zero-order valence-corrected chi connectivity index (χ0v) is 10.8. The second kappa shape index (κ2) is 5.40. The highest BCUT2D eigenvalue weighted by atomic mass is 35.5. The number of benzene rings is 1. The third-order valence-electron chi connectivity index (χ3n) is 3.03. The van der Waals surface area contributed by atoms with Crippen LogP contribution in [0.15, 0.2) is 24.3 Å². The van der Waals surface area contributed by atoms with Gasteiger partial charge in [0.25, 0.3) is 0 Å². The van der Waals surface area contributed by atoms with Crippen LogP contribution in [0.1, 0.15) is 12.8 Å². The number of halogens is 1. The molecule has 0 bridgehead atoms. The largest absolute Gasteiger partial charge is 0.469 e. The van der Waals surface area contributed by atoms with E-state index in [-0.39, 0.29) is 24.2 Å². The summed E-state index contributed by atoms with van der Waals surface area (Å²) in [7, 11) is 1.36. The van der Waals surface area contributed by atoms with Crippen molar-refractivity contribution < 1.29 is 14.3 Å². The summed E-state index contributed by atoms with van der Waals surface area (Å²) in [5.74, 6) is -0.211. The molecule has 0 aliphatic carbocycles. The number of methoxy groups -OCH3 is 1. The standard InChI is InChI=1S/C13H14ClNO3/c1-18-13(17)7-9-6-12(16)15(8-9)11-4-2-10(14)3-5-11/h2-5,9H,6-8H2,1H3. The van der Waals surface area contributed by atoms with Crippen molar-refractivity contribution in [2.45, 2.75) is 12.8 Å². The van der Waals surface area contributed by atoms with E-state index >= 15 is 0 Å². The second-order valence-electron chi connectivity index (χ2n) is 4.33. The first-order valence-electron chi connectivity index (χ1n) is 5.73. The molecular formula is C13H14ClNO3. The first-order valence-corrected chi connectivity index (χ1v) is 6.10. The lowest BCUT2D eigenvalue weighted by atomic mass is 10.1. The van der Waals surface area contributed by atoms with E-state index in [1.165, 1.54) is 7.11 Å². The van der Waals surface area contributed by atoms with Crippen LogP contribution < -0.4 is 4.90 Å². The maximum Gasteiger partial charge on any atom is 0.305 e. The second-order valence-corrected chi connectivity index (χ2v) is 4.77. The minimum Gasteiger partial charge on any atom is -0.469 e. The van der Waals surface area contributed by atoms with Crippen LogP contribution in [0.3, 0.4) is 0 Å². The fraction of sp³-hybridized carbons (Fsp3) is 0.385. The minimum absolute atomic E-state index is 0.0284. The van der Waals surface area contributed by atoms with Crippen LogP contribution in [0.2, 0.25) is 5.02 Å². The molecule has 0 spiro atoms. The Hall–Kier alpha value is -1.55. The molecule has 1 atom stereocenters. The van der Waals surface area contributed by atoms with E-state index in [0.717, 1.165) is 5.69 Å². The van der Waals surface area contributed by atoms with Gasteiger partial charge in [0.2, 0.25) is 5.91 Å². The molecule has 2 rings (SSSR count). The molecule has 1 saturated heterocycles. The lowest BCUT2D eigenvalue weighted by Crippen LogP contribution is -2.24. The fourth-order valence-corrected chi connectivity index (χ4v) is 2.23. The van der Waals surface area contributed by atoms with Gasteiger partial charge in [-0.15, -0.1) is 0 Å². The summed E-state index contributed by atoms with van der Waals surface area (Å²) < 4.78 is 4.62. The lowest BCUT2D eigenvalue weighted by Gasteiger charge is -2.16. The van der Waals surface area contributed by atoms with E-state index in [1.54, 1.807) is 29.2 Å². The molecule has 18 heavy (non-hydrogen) atoms. The highest BCUT2D eigenvalue weighted by molar-refractivity contribution is 6.30. The van der Waals surface area contributed by atoms with Gasteiger partial charge in [-0.25, -0.2) is 0 Å². The van der Waals surface area contributed by atoms with Crippen LogP contribution in [0.25, 0.3) is 0 Å². The van der Waals surface area contributed by atoms with Crippen LogP contribution in [0.5, 0.6) is 0 Å². The van der Waals surface area contributed by atoms with E-state index in [0.29, 0.717) is 18.0 Å². The Labute approximate surface area is 110 Å². The Bertz CT molecular complexity index is 458. The van der Waals surface area contributed by atoms with Crippen LogP contribution in [-0.2, 0) is 14.3 Å². The van der Waals surface area contributed by atoms with E-state index in [4.69, 9.17) is 11.6 Å². The maximum absolute atomic E-state index is 11.9. The van der Waals surface area contributed by atoms with Crippen molar-refractivity contribution >= 4 is 29.2 Å². The number of ether oxygens (including phenoxy) is 1. The topological polar surface area (TPSA) is 46.6 Å². The Morgan fingerprint density at radius 2 is 2.11 bits per heavy atom. The van der Waals surface area contributed by atoms with Gasteiger partial charge in [0.05, 0.1) is 13.5 Å². The van der Waals surface area contributed by atoms with Crippen LogP contribution in [-0.4, -0.2) is 25.5 Å². The average Bonchev–Trinajstić information content (AvgIpc) is 2.71. The van der Waals surface area contributed by atoms with Crippen molar-refractivity contribution in [2.75, 3.05) is 18.6 Å². The molecule has 1 aromatic rings. The van der Waals surface area contributed by atoms with Gasteiger partial charge < -0.3 is 9.64 Å². The highest BCUT2D eigenvalue weighted by Crippen LogP contribution is 2.27. The number of amides is 1. The monoisotopic (exact) mass is 267 g/mol. The van der Waals surface area contributed by atoms with Crippen molar-refractivity contribution in [1.29, 1.82) is 0 Å². The van der Waals surface area contributed by atoms with Gasteiger partial charge in [-0.1, -0.05) is 11.6 Å². The lowest BCUT2D eigenvalue weighted by molar-refractivity contribution is -0.141. The van der Waals surface area contributed by atoms with Crippen LogP contribution in [0, 0.1) is 5.92 Å². The van der Waals surface area contributed by atoms with Gasteiger partial charge >= 0.3 is 5.97 Å². The quantitative estimate of drug-likeness (QED) is 0.789. The van der Waals surface area contributed by atoms with Gasteiger partial charge in [-0.2, -0.15) is 0 Å². The molecular weight excluding hydrogens is 254 g/mol. The molecule has 96 valence electrons. The smallest absolute Gasteiger partial charge is 0.305 e. The molecule has 1 unspecified atom stereocenters. The van der Waals surface area contributed by atoms with Crippen molar-refractivity contribution in [3.05, 3.63) is 29.3 Å². The normalized spacial score (nSPS) is 19.1. The van der Waals surface area contributed by atoms with Crippen LogP contribution >= 0.6 is 11.6 Å². The molecule has 1 fully saturated rings. The third kappa shape index (κ3) is 2.82. The molecule has 0 saturated carbocycles. The molecule has 1 amide bonds. The maximum atomic E-state index is 11.9. The summed E-state index contributed by atoms with van der Waals surface area (Å²) in [6, 6.07) is 7.11. The predicted octanol–water partition coefficient (Wildman–Crippen LogP) is 2.26. The summed E-state index contributed by atoms with van der Waals surface area (Å²) in [5.41, 5.74) is 0.816. The number of carbonyl (C=O) groups excluding carboxylic acids is 2. The van der Waals surface area contributed by atoms with Crippen LogP contribution in [0.4, 0.5) is 5.69 Å². The number of hydrogen-bond donors (Lipinski definition) is 0. The molecule has 0 radical (unpaired) electrons. The number of hydrogen-bond acceptors (Lipinski definition) is 3. The van der Waals surface area contributed by atoms with E-state index in [1.807, 2.05) is 0 Å². The molecule has 5 heteroatoms. The Balaban J connectivity index is 2.05. The third-order valence-corrected chi connectivity index (χ3v) is 3.28. The zero-order chi connectivity index (χ0) is 13.1.